The van der Waals surface area contributed by atoms with Crippen molar-refractivity contribution in [3.63, 3.8) is 0 Å². The summed E-state index contributed by atoms with van der Waals surface area (Å²) < 4.78 is 18.6. The van der Waals surface area contributed by atoms with Gasteiger partial charge in [-0.3, -0.25) is 14.5 Å². The largest absolute Gasteiger partial charge is 0.489 e. The Morgan fingerprint density at radius 3 is 2.40 bits per heavy atom. The van der Waals surface area contributed by atoms with Gasteiger partial charge in [0.1, 0.15) is 30.5 Å². The van der Waals surface area contributed by atoms with Crippen LogP contribution in [0.4, 0.5) is 0 Å². The van der Waals surface area contributed by atoms with Gasteiger partial charge in [-0.05, 0) is 84.7 Å². The predicted molar refractivity (Wildman–Crippen MR) is 171 cm³/mol. The van der Waals surface area contributed by atoms with Crippen LogP contribution in [0.15, 0.2) is 88.4 Å². The highest BCUT2D eigenvalue weighted by molar-refractivity contribution is 6.06. The van der Waals surface area contributed by atoms with Gasteiger partial charge >= 0.3 is 0 Å². The second-order valence-corrected chi connectivity index (χ2v) is 12.8. The van der Waals surface area contributed by atoms with E-state index in [0.29, 0.717) is 31.2 Å². The van der Waals surface area contributed by atoms with Gasteiger partial charge < -0.3 is 19.0 Å². The lowest BCUT2D eigenvalue weighted by molar-refractivity contribution is -0.143. The lowest BCUT2D eigenvalue weighted by Crippen LogP contribution is -2.42. The van der Waals surface area contributed by atoms with Crippen molar-refractivity contribution in [3.05, 3.63) is 101 Å². The molecule has 3 fully saturated rings. The molecule has 4 atom stereocenters. The van der Waals surface area contributed by atoms with Crippen molar-refractivity contribution in [1.82, 2.24) is 4.90 Å². The summed E-state index contributed by atoms with van der Waals surface area (Å²) in [6, 6.07) is 23.7. The van der Waals surface area contributed by atoms with Crippen LogP contribution in [0.1, 0.15) is 68.5 Å². The lowest BCUT2D eigenvalue weighted by Gasteiger charge is -2.32. The van der Waals surface area contributed by atoms with E-state index in [1.165, 1.54) is 6.42 Å². The summed E-state index contributed by atoms with van der Waals surface area (Å²) in [5.41, 5.74) is 4.46. The van der Waals surface area contributed by atoms with Gasteiger partial charge in [0, 0.05) is 12.0 Å². The molecule has 1 saturated carbocycles. The number of allylic oxidation sites excluding steroid dienone is 1. The van der Waals surface area contributed by atoms with E-state index in [0.717, 1.165) is 66.6 Å². The number of para-hydroxylation sites is 1. The number of aliphatic hydroxyl groups is 1. The first-order chi connectivity index (χ1) is 22.1. The quantitative estimate of drug-likeness (QED) is 0.201. The minimum Gasteiger partial charge on any atom is -0.489 e. The minimum atomic E-state index is -0.357. The molecule has 1 aromatic heterocycles. The maximum Gasteiger partial charge on any atom is 0.234 e. The summed E-state index contributed by atoms with van der Waals surface area (Å²) in [5, 5.41) is 9.50. The van der Waals surface area contributed by atoms with Crippen LogP contribution in [0.25, 0.3) is 11.6 Å². The molecule has 45 heavy (non-hydrogen) atoms. The summed E-state index contributed by atoms with van der Waals surface area (Å²) >= 11 is 0. The summed E-state index contributed by atoms with van der Waals surface area (Å²) in [4.78, 5) is 29.6. The molecule has 7 heteroatoms. The van der Waals surface area contributed by atoms with Gasteiger partial charge in [0.05, 0.1) is 24.5 Å². The number of carbonyl (C=O) groups excluding carboxylic acids is 2. The number of carbonyl (C=O) groups is 2. The normalized spacial score (nSPS) is 25.5. The number of benzene rings is 2. The zero-order valence-electron chi connectivity index (χ0n) is 25.6. The maximum atomic E-state index is 14.0. The number of fused-ring (bicyclic) bond motifs is 3. The number of aliphatic hydroxyl groups excluding tert-OH is 1. The Balaban J connectivity index is 1.17. The Bertz CT molecular complexity index is 1570. The smallest absolute Gasteiger partial charge is 0.234 e. The summed E-state index contributed by atoms with van der Waals surface area (Å²) in [6.07, 6.45) is 8.98. The molecule has 4 aliphatic rings. The highest BCUT2D eigenvalue weighted by Crippen LogP contribution is 2.51. The average molecular weight is 608 g/mol. The van der Waals surface area contributed by atoms with Crippen LogP contribution in [0.5, 0.6) is 5.75 Å². The first-order valence-corrected chi connectivity index (χ1v) is 16.4. The van der Waals surface area contributed by atoms with Gasteiger partial charge in [-0.25, -0.2) is 0 Å². The van der Waals surface area contributed by atoms with Crippen LogP contribution in [-0.4, -0.2) is 47.2 Å². The molecule has 2 aliphatic heterocycles. The fraction of sp³-hybridized carbons (Fsp3) is 0.421. The third-order valence-corrected chi connectivity index (χ3v) is 10.1. The molecule has 2 amide bonds. The predicted octanol–water partition coefficient (Wildman–Crippen LogP) is 6.82. The first kappa shape index (κ1) is 29.8. The number of amides is 2. The molecular weight excluding hydrogens is 566 g/mol. The average Bonchev–Trinajstić information content (AvgIpc) is 3.79. The third kappa shape index (κ3) is 6.03. The summed E-state index contributed by atoms with van der Waals surface area (Å²) in [6.45, 7) is 0.673. The molecule has 2 saturated heterocycles. The molecule has 234 valence electrons. The van der Waals surface area contributed by atoms with Crippen LogP contribution in [0, 0.1) is 17.8 Å². The zero-order valence-corrected chi connectivity index (χ0v) is 25.6. The van der Waals surface area contributed by atoms with Gasteiger partial charge in [0.15, 0.2) is 0 Å². The van der Waals surface area contributed by atoms with Crippen LogP contribution in [-0.2, 0) is 20.9 Å². The Morgan fingerprint density at radius 2 is 1.67 bits per heavy atom. The maximum absolute atomic E-state index is 14.0. The number of furan rings is 1. The van der Waals surface area contributed by atoms with Gasteiger partial charge in [0.2, 0.25) is 11.8 Å². The van der Waals surface area contributed by atoms with E-state index in [2.05, 4.69) is 12.1 Å². The molecule has 3 heterocycles. The van der Waals surface area contributed by atoms with E-state index in [4.69, 9.17) is 13.9 Å². The van der Waals surface area contributed by atoms with Crippen molar-refractivity contribution in [1.29, 1.82) is 0 Å². The van der Waals surface area contributed by atoms with E-state index in [1.54, 1.807) is 11.0 Å². The van der Waals surface area contributed by atoms with Crippen molar-refractivity contribution in [3.8, 4) is 5.75 Å². The molecule has 1 N–H and O–H groups in total. The zero-order chi connectivity index (χ0) is 30.8. The number of ether oxygens (including phenoxy) is 2. The van der Waals surface area contributed by atoms with Crippen molar-refractivity contribution in [2.45, 2.75) is 70.1 Å². The Kier molecular flexibility index (Phi) is 8.72. The Hall–Kier alpha value is -3.94. The molecule has 2 aromatic carbocycles. The van der Waals surface area contributed by atoms with Crippen molar-refractivity contribution in [2.24, 2.45) is 17.8 Å². The fourth-order valence-electron chi connectivity index (χ4n) is 7.98. The Labute approximate surface area is 264 Å². The number of rotatable bonds is 10. The fourth-order valence-corrected chi connectivity index (χ4v) is 7.98. The van der Waals surface area contributed by atoms with E-state index in [-0.39, 0.29) is 48.3 Å². The number of imide groups is 1. The number of likely N-dealkylation sites (tertiary alicyclic amines) is 1. The highest BCUT2D eigenvalue weighted by atomic mass is 16.5. The van der Waals surface area contributed by atoms with Gasteiger partial charge in [-0.1, -0.05) is 67.8 Å². The second-order valence-electron chi connectivity index (χ2n) is 12.8. The molecule has 0 bridgehead atoms. The van der Waals surface area contributed by atoms with E-state index < -0.39 is 0 Å². The Morgan fingerprint density at radius 1 is 0.911 bits per heavy atom. The van der Waals surface area contributed by atoms with Gasteiger partial charge in [-0.2, -0.15) is 0 Å². The number of nitrogens with zero attached hydrogens (tertiary/aromatic N) is 1. The number of hydrogen-bond acceptors (Lipinski definition) is 6. The highest BCUT2D eigenvalue weighted by Gasteiger charge is 2.58. The lowest BCUT2D eigenvalue weighted by atomic mass is 9.69. The molecule has 2 aliphatic carbocycles. The number of hydrogen-bond donors (Lipinski definition) is 1. The molecule has 0 spiro atoms. The first-order valence-electron chi connectivity index (χ1n) is 16.4. The molecule has 3 aromatic rings. The minimum absolute atomic E-state index is 0.00612. The van der Waals surface area contributed by atoms with Crippen LogP contribution >= 0.6 is 0 Å². The van der Waals surface area contributed by atoms with E-state index in [1.807, 2.05) is 60.7 Å². The van der Waals surface area contributed by atoms with E-state index >= 15 is 0 Å². The third-order valence-electron chi connectivity index (χ3n) is 10.1. The standard InChI is InChI=1S/C38H41NO6/c40-22-31-18-17-30(45-31)20-26(25-10-4-1-5-11-25)16-19-34-35-27(23-43-29-14-8-3-9-15-29)21-32-36(33(35)24-44-34)38(42)39(37(32)41)28-12-6-2-7-13-28/h1,3-5,8-11,14-15,17-18,20,28,32-34,36,40H,2,6-7,12-13,16,19,21-24H2/b26-20-/t32-,33+,34-,36-/m1/s1. The monoisotopic (exact) mass is 607 g/mol. The molecule has 0 unspecified atom stereocenters. The summed E-state index contributed by atoms with van der Waals surface area (Å²) in [5.74, 6) is 1.20. The SMILES string of the molecule is O=C1[C@@H]2[C@@H](CC(COc3ccccc3)=C3[C@@H](CC/C(=C/c4ccc(CO)o4)c4ccccc4)OC[C@@H]32)C(=O)N1C1CCCCC1. The van der Waals surface area contributed by atoms with Crippen molar-refractivity contribution in [2.75, 3.05) is 13.2 Å². The molecular formula is C38H41NO6. The van der Waals surface area contributed by atoms with E-state index in [9.17, 15) is 14.7 Å². The van der Waals surface area contributed by atoms with Gasteiger partial charge in [0.25, 0.3) is 0 Å². The molecule has 7 nitrogen and oxygen atoms in total. The topological polar surface area (TPSA) is 89.2 Å². The second kappa shape index (κ2) is 13.2. The van der Waals surface area contributed by atoms with Crippen molar-refractivity contribution >= 4 is 23.5 Å². The molecule has 7 rings (SSSR count). The van der Waals surface area contributed by atoms with Gasteiger partial charge in [-0.15, -0.1) is 0 Å². The van der Waals surface area contributed by atoms with Crippen molar-refractivity contribution < 1.29 is 28.6 Å². The summed E-state index contributed by atoms with van der Waals surface area (Å²) in [7, 11) is 0. The van der Waals surface area contributed by atoms with Crippen LogP contribution in [0.3, 0.4) is 0 Å². The molecule has 0 radical (unpaired) electrons. The van der Waals surface area contributed by atoms with Crippen LogP contribution < -0.4 is 4.74 Å². The van der Waals surface area contributed by atoms with Crippen LogP contribution in [0.2, 0.25) is 0 Å².